The molecule has 1 aliphatic carbocycles. The van der Waals surface area contributed by atoms with Crippen molar-refractivity contribution in [2.45, 2.75) is 59.3 Å². The van der Waals surface area contributed by atoms with E-state index in [4.69, 9.17) is 0 Å². The molecule has 0 bridgehead atoms. The van der Waals surface area contributed by atoms with Gasteiger partial charge in [0.15, 0.2) is 0 Å². The van der Waals surface area contributed by atoms with Gasteiger partial charge in [-0.1, -0.05) is 52.9 Å². The molecule has 1 fully saturated rings. The van der Waals surface area contributed by atoms with Gasteiger partial charge < -0.3 is 0 Å². The summed E-state index contributed by atoms with van der Waals surface area (Å²) in [6, 6.07) is 0. The third-order valence-corrected chi connectivity index (χ3v) is 3.53. The van der Waals surface area contributed by atoms with Gasteiger partial charge in [-0.25, -0.2) is 0 Å². The van der Waals surface area contributed by atoms with Crippen LogP contribution in [0.4, 0.5) is 0 Å². The average molecular weight is 168 g/mol. The molecular formula is C12H24. The van der Waals surface area contributed by atoms with Crippen molar-refractivity contribution in [3.63, 3.8) is 0 Å². The minimum Gasteiger partial charge on any atom is -0.0654 e. The molecule has 1 saturated carbocycles. The zero-order chi connectivity index (χ0) is 8.97. The molecule has 0 nitrogen and oxygen atoms in total. The summed E-state index contributed by atoms with van der Waals surface area (Å²) in [6.45, 7) is 7.18. The van der Waals surface area contributed by atoms with E-state index in [1.165, 1.54) is 38.5 Å². The van der Waals surface area contributed by atoms with Crippen molar-refractivity contribution in [2.24, 2.45) is 17.8 Å². The minimum atomic E-state index is 0.984. The third-order valence-electron chi connectivity index (χ3n) is 3.53. The molecule has 1 aliphatic rings. The maximum atomic E-state index is 2.45. The Hall–Kier alpha value is 0. The molecule has 72 valence electrons. The lowest BCUT2D eigenvalue weighted by molar-refractivity contribution is 0.206. The normalized spacial score (nSPS) is 33.2. The quantitative estimate of drug-likeness (QED) is 0.591. The van der Waals surface area contributed by atoms with Crippen LogP contribution in [0.3, 0.4) is 0 Å². The molecule has 0 spiro atoms. The van der Waals surface area contributed by atoms with Gasteiger partial charge in [-0.2, -0.15) is 0 Å². The zero-order valence-corrected chi connectivity index (χ0v) is 8.97. The highest BCUT2D eigenvalue weighted by molar-refractivity contribution is 4.74. The van der Waals surface area contributed by atoms with Gasteiger partial charge in [0.1, 0.15) is 0 Å². The lowest BCUT2D eigenvalue weighted by atomic mass is 9.75. The van der Waals surface area contributed by atoms with Crippen LogP contribution in [0.1, 0.15) is 59.3 Å². The molecule has 0 aromatic heterocycles. The van der Waals surface area contributed by atoms with Crippen LogP contribution in [0.25, 0.3) is 0 Å². The minimum absolute atomic E-state index is 0.984. The van der Waals surface area contributed by atoms with Crippen LogP contribution in [-0.2, 0) is 0 Å². The van der Waals surface area contributed by atoms with E-state index in [1.807, 2.05) is 0 Å². The second-order valence-corrected chi connectivity index (χ2v) is 4.80. The summed E-state index contributed by atoms with van der Waals surface area (Å²) in [4.78, 5) is 0. The topological polar surface area (TPSA) is 0 Å². The maximum Gasteiger partial charge on any atom is -0.0386 e. The van der Waals surface area contributed by atoms with Gasteiger partial charge in [-0.3, -0.25) is 0 Å². The smallest absolute Gasteiger partial charge is 0.0386 e. The van der Waals surface area contributed by atoms with Crippen molar-refractivity contribution >= 4 is 0 Å². The van der Waals surface area contributed by atoms with Crippen molar-refractivity contribution in [3.8, 4) is 0 Å². The Morgan fingerprint density at radius 1 is 1.33 bits per heavy atom. The average Bonchev–Trinajstić information content (AvgIpc) is 2.05. The highest BCUT2D eigenvalue weighted by Crippen LogP contribution is 2.34. The fraction of sp³-hybridized carbons (Fsp3) is 1.00. The molecule has 0 heteroatoms. The van der Waals surface area contributed by atoms with Crippen LogP contribution in [0.15, 0.2) is 0 Å². The van der Waals surface area contributed by atoms with Crippen molar-refractivity contribution in [3.05, 3.63) is 0 Å². The van der Waals surface area contributed by atoms with Gasteiger partial charge in [0, 0.05) is 0 Å². The largest absolute Gasteiger partial charge is 0.0654 e. The van der Waals surface area contributed by atoms with E-state index in [-0.39, 0.29) is 0 Å². The summed E-state index contributed by atoms with van der Waals surface area (Å²) in [5.41, 5.74) is 0. The van der Waals surface area contributed by atoms with Gasteiger partial charge >= 0.3 is 0 Å². The first-order valence-electron chi connectivity index (χ1n) is 5.74. The predicted molar refractivity (Wildman–Crippen MR) is 55.2 cm³/mol. The SMILES string of the molecule is CCCC(C)C1CCCC(C)C1. The van der Waals surface area contributed by atoms with E-state index in [2.05, 4.69) is 20.8 Å². The molecule has 0 N–H and O–H groups in total. The molecule has 3 atom stereocenters. The van der Waals surface area contributed by atoms with Gasteiger partial charge in [-0.15, -0.1) is 0 Å². The monoisotopic (exact) mass is 168 g/mol. The summed E-state index contributed by atoms with van der Waals surface area (Å²) < 4.78 is 0. The molecule has 12 heavy (non-hydrogen) atoms. The van der Waals surface area contributed by atoms with Crippen molar-refractivity contribution in [2.75, 3.05) is 0 Å². The Kier molecular flexibility index (Phi) is 4.11. The van der Waals surface area contributed by atoms with Crippen molar-refractivity contribution in [1.29, 1.82) is 0 Å². The van der Waals surface area contributed by atoms with E-state index >= 15 is 0 Å². The molecule has 0 amide bonds. The van der Waals surface area contributed by atoms with Gasteiger partial charge in [-0.05, 0) is 24.2 Å². The highest BCUT2D eigenvalue weighted by atomic mass is 14.3. The van der Waals surface area contributed by atoms with E-state index in [0.29, 0.717) is 0 Å². The van der Waals surface area contributed by atoms with Crippen molar-refractivity contribution < 1.29 is 0 Å². The summed E-state index contributed by atoms with van der Waals surface area (Å²) in [5, 5.41) is 0. The molecule has 0 saturated heterocycles. The molecule has 0 heterocycles. The van der Waals surface area contributed by atoms with Crippen LogP contribution >= 0.6 is 0 Å². The third kappa shape index (κ3) is 2.80. The Bertz CT molecular complexity index is 117. The molecule has 0 aromatic carbocycles. The van der Waals surface area contributed by atoms with Gasteiger partial charge in [0.2, 0.25) is 0 Å². The first kappa shape index (κ1) is 10.1. The Labute approximate surface area is 77.7 Å². The second kappa shape index (κ2) is 4.89. The van der Waals surface area contributed by atoms with E-state index in [9.17, 15) is 0 Å². The molecule has 0 aromatic rings. The summed E-state index contributed by atoms with van der Waals surface area (Å²) in [6.07, 6.45) is 8.78. The van der Waals surface area contributed by atoms with Crippen LogP contribution in [0.5, 0.6) is 0 Å². The van der Waals surface area contributed by atoms with Crippen LogP contribution in [0.2, 0.25) is 0 Å². The van der Waals surface area contributed by atoms with Crippen LogP contribution < -0.4 is 0 Å². The van der Waals surface area contributed by atoms with Gasteiger partial charge in [0.25, 0.3) is 0 Å². The maximum absolute atomic E-state index is 2.45. The highest BCUT2D eigenvalue weighted by Gasteiger charge is 2.22. The summed E-state index contributed by atoms with van der Waals surface area (Å²) in [7, 11) is 0. The Balaban J connectivity index is 2.29. The Morgan fingerprint density at radius 2 is 2.08 bits per heavy atom. The fourth-order valence-corrected chi connectivity index (χ4v) is 2.69. The zero-order valence-electron chi connectivity index (χ0n) is 8.97. The lowest BCUT2D eigenvalue weighted by Gasteiger charge is -2.31. The summed E-state index contributed by atoms with van der Waals surface area (Å²) >= 11 is 0. The number of rotatable bonds is 3. The Morgan fingerprint density at radius 3 is 2.67 bits per heavy atom. The second-order valence-electron chi connectivity index (χ2n) is 4.80. The lowest BCUT2D eigenvalue weighted by Crippen LogP contribution is -2.19. The molecule has 3 unspecified atom stereocenters. The molecule has 0 radical (unpaired) electrons. The van der Waals surface area contributed by atoms with Crippen molar-refractivity contribution in [1.82, 2.24) is 0 Å². The standard InChI is InChI=1S/C12H24/c1-4-6-11(3)12-8-5-7-10(2)9-12/h10-12H,4-9H2,1-3H3. The first-order valence-corrected chi connectivity index (χ1v) is 5.74. The molecule has 1 rings (SSSR count). The predicted octanol–water partition coefficient (Wildman–Crippen LogP) is 4.25. The number of hydrogen-bond acceptors (Lipinski definition) is 0. The number of hydrogen-bond donors (Lipinski definition) is 0. The van der Waals surface area contributed by atoms with E-state index in [0.717, 1.165) is 17.8 Å². The van der Waals surface area contributed by atoms with E-state index in [1.54, 1.807) is 0 Å². The fourth-order valence-electron chi connectivity index (χ4n) is 2.69. The van der Waals surface area contributed by atoms with Crippen LogP contribution in [-0.4, -0.2) is 0 Å². The van der Waals surface area contributed by atoms with E-state index < -0.39 is 0 Å². The molecule has 0 aliphatic heterocycles. The van der Waals surface area contributed by atoms with Crippen LogP contribution in [0, 0.1) is 17.8 Å². The first-order chi connectivity index (χ1) is 5.74. The van der Waals surface area contributed by atoms with Gasteiger partial charge in [0.05, 0.1) is 0 Å². The summed E-state index contributed by atoms with van der Waals surface area (Å²) in [5.74, 6) is 3.04. The molecular weight excluding hydrogens is 144 g/mol.